The number of hydrogen-bond donors (Lipinski definition) is 2. The largest absolute Gasteiger partial charge is 0.342 e. The van der Waals surface area contributed by atoms with Crippen LogP contribution in [0.4, 0.5) is 5.69 Å². The van der Waals surface area contributed by atoms with Gasteiger partial charge in [0, 0.05) is 17.3 Å². The van der Waals surface area contributed by atoms with E-state index in [1.165, 1.54) is 11.8 Å². The first kappa shape index (κ1) is 28.0. The van der Waals surface area contributed by atoms with Crippen molar-refractivity contribution in [1.29, 1.82) is 0 Å². The molecule has 0 aliphatic rings. The fourth-order valence-electron chi connectivity index (χ4n) is 3.76. The summed E-state index contributed by atoms with van der Waals surface area (Å²) in [6.45, 7) is 10.7. The summed E-state index contributed by atoms with van der Waals surface area (Å²) in [5, 5.41) is 16.1. The molecule has 3 rings (SSSR count). The Morgan fingerprint density at radius 2 is 1.83 bits per heavy atom. The van der Waals surface area contributed by atoms with Gasteiger partial charge in [0.2, 0.25) is 5.91 Å². The lowest BCUT2D eigenvalue weighted by Gasteiger charge is -2.21. The first-order chi connectivity index (χ1) is 17.1. The topological polar surface area (TPSA) is 88.9 Å². The smallest absolute Gasteiger partial charge is 0.253 e. The lowest BCUT2D eigenvalue weighted by molar-refractivity contribution is -0.113. The number of benzene rings is 2. The Balaban J connectivity index is 1.76. The normalized spacial score (nSPS) is 12.0. The number of nitrogens with zero attached hydrogens (tertiary/aromatic N) is 3. The van der Waals surface area contributed by atoms with Gasteiger partial charge >= 0.3 is 0 Å². The second-order valence-corrected chi connectivity index (χ2v) is 10.8. The number of rotatable bonds is 10. The van der Waals surface area contributed by atoms with Crippen molar-refractivity contribution in [1.82, 2.24) is 20.1 Å². The summed E-state index contributed by atoms with van der Waals surface area (Å²) in [4.78, 5) is 25.7. The van der Waals surface area contributed by atoms with E-state index in [0.29, 0.717) is 34.5 Å². The summed E-state index contributed by atoms with van der Waals surface area (Å²) in [7, 11) is 0. The number of halogens is 2. The molecule has 0 unspecified atom stereocenters. The highest BCUT2D eigenvalue weighted by Gasteiger charge is 2.25. The van der Waals surface area contributed by atoms with Gasteiger partial charge in [0.05, 0.1) is 22.4 Å². The molecule has 1 aromatic heterocycles. The Bertz CT molecular complexity index is 1250. The third-order valence-corrected chi connectivity index (χ3v) is 7.08. The van der Waals surface area contributed by atoms with Crippen LogP contribution in [0.5, 0.6) is 0 Å². The Labute approximate surface area is 226 Å². The average Bonchev–Trinajstić information content (AvgIpc) is 3.22. The minimum atomic E-state index is -0.380. The predicted octanol–water partition coefficient (Wildman–Crippen LogP) is 6.47. The molecular weight excluding hydrogens is 517 g/mol. The van der Waals surface area contributed by atoms with Crippen LogP contribution in [0.1, 0.15) is 60.5 Å². The molecule has 7 nitrogen and oxygen atoms in total. The zero-order valence-electron chi connectivity index (χ0n) is 21.1. The molecule has 36 heavy (non-hydrogen) atoms. The number of hydrogen-bond acceptors (Lipinski definition) is 5. The van der Waals surface area contributed by atoms with E-state index in [4.69, 9.17) is 23.2 Å². The van der Waals surface area contributed by atoms with E-state index in [1.54, 1.807) is 18.2 Å². The van der Waals surface area contributed by atoms with Crippen LogP contribution in [0.15, 0.2) is 41.6 Å². The van der Waals surface area contributed by atoms with Crippen LogP contribution in [-0.2, 0) is 11.3 Å². The lowest BCUT2D eigenvalue weighted by atomic mass is 10.0. The van der Waals surface area contributed by atoms with E-state index >= 15 is 0 Å². The predicted molar refractivity (Wildman–Crippen MR) is 147 cm³/mol. The summed E-state index contributed by atoms with van der Waals surface area (Å²) in [5.74, 6) is 0.688. The van der Waals surface area contributed by atoms with Crippen molar-refractivity contribution in [2.75, 3.05) is 11.1 Å². The van der Waals surface area contributed by atoms with Crippen molar-refractivity contribution >= 4 is 52.5 Å². The van der Waals surface area contributed by atoms with Gasteiger partial charge in [-0.3, -0.25) is 9.59 Å². The minimum absolute atomic E-state index is 0.120. The number of aromatic nitrogens is 3. The molecule has 0 aliphatic carbocycles. The Morgan fingerprint density at radius 3 is 2.50 bits per heavy atom. The first-order valence-corrected chi connectivity index (χ1v) is 13.5. The highest BCUT2D eigenvalue weighted by atomic mass is 35.5. The van der Waals surface area contributed by atoms with E-state index in [2.05, 4.69) is 34.7 Å². The van der Waals surface area contributed by atoms with Gasteiger partial charge in [0.15, 0.2) is 11.0 Å². The maximum atomic E-state index is 13.0. The Kier molecular flexibility index (Phi) is 9.82. The molecular formula is C26H31Cl2N5O2S. The van der Waals surface area contributed by atoms with Gasteiger partial charge in [0.25, 0.3) is 5.91 Å². The minimum Gasteiger partial charge on any atom is -0.342 e. The molecule has 0 fully saturated rings. The zero-order chi connectivity index (χ0) is 26.4. The van der Waals surface area contributed by atoms with Gasteiger partial charge < -0.3 is 15.2 Å². The van der Waals surface area contributed by atoms with Crippen molar-refractivity contribution in [2.24, 2.45) is 5.92 Å². The van der Waals surface area contributed by atoms with Crippen molar-refractivity contribution < 1.29 is 9.59 Å². The molecule has 10 heteroatoms. The fourth-order valence-corrected chi connectivity index (χ4v) is 5.06. The van der Waals surface area contributed by atoms with Gasteiger partial charge in [-0.05, 0) is 68.5 Å². The number of aryl methyl sites for hydroxylation is 2. The van der Waals surface area contributed by atoms with E-state index in [9.17, 15) is 9.59 Å². The molecule has 2 N–H and O–H groups in total. The van der Waals surface area contributed by atoms with Crippen LogP contribution >= 0.6 is 35.0 Å². The van der Waals surface area contributed by atoms with Crippen LogP contribution in [0.3, 0.4) is 0 Å². The maximum absolute atomic E-state index is 13.0. The summed E-state index contributed by atoms with van der Waals surface area (Å²) >= 11 is 13.5. The van der Waals surface area contributed by atoms with E-state index in [0.717, 1.165) is 16.8 Å². The summed E-state index contributed by atoms with van der Waals surface area (Å²) in [6.07, 6.45) is 0.660. The molecule has 0 bridgehead atoms. The number of carbonyl (C=O) groups is 2. The highest BCUT2D eigenvalue weighted by molar-refractivity contribution is 7.99. The molecule has 0 aliphatic heterocycles. The lowest BCUT2D eigenvalue weighted by Crippen LogP contribution is -2.32. The third-order valence-electron chi connectivity index (χ3n) is 5.56. The van der Waals surface area contributed by atoms with Crippen LogP contribution in [0.25, 0.3) is 0 Å². The summed E-state index contributed by atoms with van der Waals surface area (Å²) in [5.41, 5.74) is 3.23. The quantitative estimate of drug-likeness (QED) is 0.284. The average molecular weight is 549 g/mol. The molecule has 192 valence electrons. The van der Waals surface area contributed by atoms with Crippen molar-refractivity contribution in [3.63, 3.8) is 0 Å². The summed E-state index contributed by atoms with van der Waals surface area (Å²) < 4.78 is 1.94. The zero-order valence-corrected chi connectivity index (χ0v) is 23.4. The van der Waals surface area contributed by atoms with Crippen LogP contribution in [0.2, 0.25) is 10.0 Å². The van der Waals surface area contributed by atoms with Crippen molar-refractivity contribution in [3.8, 4) is 0 Å². The number of carbonyl (C=O) groups excluding carboxylic acids is 2. The monoisotopic (exact) mass is 547 g/mol. The van der Waals surface area contributed by atoms with Gasteiger partial charge in [-0.1, -0.05) is 60.9 Å². The van der Waals surface area contributed by atoms with Gasteiger partial charge in [0.1, 0.15) is 0 Å². The van der Waals surface area contributed by atoms with E-state index in [1.807, 2.05) is 43.5 Å². The third kappa shape index (κ3) is 7.24. The first-order valence-electron chi connectivity index (χ1n) is 11.8. The molecule has 3 aromatic rings. The molecule has 2 aromatic carbocycles. The highest BCUT2D eigenvalue weighted by Crippen LogP contribution is 2.27. The number of thioether (sulfide) groups is 1. The van der Waals surface area contributed by atoms with Gasteiger partial charge in [-0.25, -0.2) is 0 Å². The fraction of sp³-hybridized carbons (Fsp3) is 0.385. The molecule has 2 amide bonds. The Hall–Kier alpha value is -2.55. The maximum Gasteiger partial charge on any atom is 0.253 e. The number of anilines is 1. The second-order valence-electron chi connectivity index (χ2n) is 9.02. The molecule has 1 atom stereocenters. The van der Waals surface area contributed by atoms with Gasteiger partial charge in [-0.2, -0.15) is 0 Å². The number of nitrogens with one attached hydrogen (secondary N) is 2. The molecule has 0 saturated heterocycles. The van der Waals surface area contributed by atoms with Crippen molar-refractivity contribution in [3.05, 3.63) is 69.0 Å². The molecule has 0 saturated carbocycles. The summed E-state index contributed by atoms with van der Waals surface area (Å²) in [6, 6.07) is 10.4. The van der Waals surface area contributed by atoms with Gasteiger partial charge in [-0.15, -0.1) is 10.2 Å². The van der Waals surface area contributed by atoms with Crippen LogP contribution in [-0.4, -0.2) is 32.3 Å². The van der Waals surface area contributed by atoms with E-state index < -0.39 is 0 Å². The number of amides is 2. The molecule has 0 radical (unpaired) electrons. The second kappa shape index (κ2) is 12.6. The van der Waals surface area contributed by atoms with Crippen LogP contribution < -0.4 is 10.6 Å². The Morgan fingerprint density at radius 1 is 1.08 bits per heavy atom. The standard InChI is InChI=1S/C26H31Cl2N5O2S/c1-6-33-24(22(11-15(2)3)30-25(35)19-10-9-18(27)13-20(19)28)31-32-26(33)36-14-23(34)29-21-12-16(4)7-8-17(21)5/h7-10,12-13,15,22H,6,11,14H2,1-5H3,(H,29,34)(H,30,35)/t22-/m0/s1. The SMILES string of the molecule is CCn1c(SCC(=O)Nc2cc(C)ccc2C)nnc1[C@H](CC(C)C)NC(=O)c1ccc(Cl)cc1Cl. The van der Waals surface area contributed by atoms with Crippen molar-refractivity contribution in [2.45, 2.75) is 58.8 Å². The molecule has 0 spiro atoms. The van der Waals surface area contributed by atoms with Crippen LogP contribution in [0, 0.1) is 19.8 Å². The molecule has 1 heterocycles. The van der Waals surface area contributed by atoms with E-state index in [-0.39, 0.29) is 34.5 Å².